The highest BCUT2D eigenvalue weighted by Crippen LogP contribution is 2.34. The molecule has 1 spiro atoms. The molecule has 0 bridgehead atoms. The van der Waals surface area contributed by atoms with E-state index < -0.39 is 11.6 Å². The molecule has 1 aromatic carbocycles. The van der Waals surface area contributed by atoms with Crippen molar-refractivity contribution in [2.45, 2.75) is 44.1 Å². The van der Waals surface area contributed by atoms with Crippen LogP contribution < -0.4 is 10.2 Å². The highest BCUT2D eigenvalue weighted by molar-refractivity contribution is 7.22. The van der Waals surface area contributed by atoms with E-state index in [1.165, 1.54) is 16.2 Å². The van der Waals surface area contributed by atoms with E-state index in [2.05, 4.69) is 10.3 Å². The monoisotopic (exact) mass is 430 g/mol. The number of hydrogen-bond acceptors (Lipinski definition) is 6. The molecule has 1 saturated carbocycles. The van der Waals surface area contributed by atoms with Gasteiger partial charge in [0.25, 0.3) is 5.91 Å². The van der Waals surface area contributed by atoms with Crippen molar-refractivity contribution in [2.24, 2.45) is 0 Å². The Hall–Kier alpha value is -2.52. The lowest BCUT2D eigenvalue weighted by atomic mass is 9.82. The van der Waals surface area contributed by atoms with Gasteiger partial charge in [0.05, 0.1) is 23.4 Å². The van der Waals surface area contributed by atoms with Crippen LogP contribution in [0.5, 0.6) is 0 Å². The van der Waals surface area contributed by atoms with Gasteiger partial charge in [0.1, 0.15) is 5.54 Å². The van der Waals surface area contributed by atoms with Crippen molar-refractivity contribution in [1.82, 2.24) is 15.2 Å². The summed E-state index contributed by atoms with van der Waals surface area (Å²) in [4.78, 5) is 45.8. The molecule has 1 aliphatic heterocycles. The quantitative estimate of drug-likeness (QED) is 0.682. The van der Waals surface area contributed by atoms with Gasteiger partial charge in [-0.05, 0) is 25.0 Å². The molecule has 1 saturated heterocycles. The molecule has 9 heteroatoms. The van der Waals surface area contributed by atoms with E-state index in [4.69, 9.17) is 4.74 Å². The Morgan fingerprint density at radius 1 is 1.27 bits per heavy atom. The summed E-state index contributed by atoms with van der Waals surface area (Å²) >= 11 is 1.44. The van der Waals surface area contributed by atoms with E-state index in [1.54, 1.807) is 12.0 Å². The van der Waals surface area contributed by atoms with Gasteiger partial charge in [-0.15, -0.1) is 0 Å². The summed E-state index contributed by atoms with van der Waals surface area (Å²) in [6.45, 7) is 0.798. The number of rotatable bonds is 7. The third-order valence-corrected chi connectivity index (χ3v) is 6.90. The number of methoxy groups -OCH3 is 1. The first kappa shape index (κ1) is 20.7. The molecule has 30 heavy (non-hydrogen) atoms. The zero-order chi connectivity index (χ0) is 21.1. The van der Waals surface area contributed by atoms with Crippen LogP contribution in [0.15, 0.2) is 24.3 Å². The van der Waals surface area contributed by atoms with Crippen LogP contribution in [0.3, 0.4) is 0 Å². The summed E-state index contributed by atoms with van der Waals surface area (Å²) in [7, 11) is 1.58. The Kier molecular flexibility index (Phi) is 6.01. The smallest absolute Gasteiger partial charge is 0.325 e. The van der Waals surface area contributed by atoms with Crippen LogP contribution in [0.4, 0.5) is 9.93 Å². The largest absolute Gasteiger partial charge is 0.383 e. The minimum atomic E-state index is -0.763. The van der Waals surface area contributed by atoms with Gasteiger partial charge in [-0.25, -0.2) is 9.78 Å². The Morgan fingerprint density at radius 2 is 2.03 bits per heavy atom. The summed E-state index contributed by atoms with van der Waals surface area (Å²) < 4.78 is 6.16. The molecule has 4 rings (SSSR count). The minimum absolute atomic E-state index is 0.0505. The molecule has 8 nitrogen and oxygen atoms in total. The van der Waals surface area contributed by atoms with Gasteiger partial charge in [0.15, 0.2) is 5.13 Å². The molecular formula is C21H26N4O4S. The van der Waals surface area contributed by atoms with Crippen molar-refractivity contribution < 1.29 is 19.1 Å². The number of benzene rings is 1. The van der Waals surface area contributed by atoms with E-state index in [9.17, 15) is 14.4 Å². The third-order valence-electron chi connectivity index (χ3n) is 5.84. The zero-order valence-electron chi connectivity index (χ0n) is 17.1. The predicted octanol–water partition coefficient (Wildman–Crippen LogP) is 2.92. The summed E-state index contributed by atoms with van der Waals surface area (Å²) in [6, 6.07) is 7.33. The Bertz CT molecular complexity index is 920. The molecule has 2 fully saturated rings. The number of carbonyl (C=O) groups excluding carboxylic acids is 3. The molecule has 1 aromatic heterocycles. The number of nitrogens with one attached hydrogen (secondary N) is 1. The van der Waals surface area contributed by atoms with E-state index in [0.717, 1.165) is 29.5 Å². The molecule has 4 amide bonds. The first-order valence-electron chi connectivity index (χ1n) is 10.3. The normalized spacial score (nSPS) is 18.2. The number of carbonyl (C=O) groups is 3. The van der Waals surface area contributed by atoms with Gasteiger partial charge >= 0.3 is 6.03 Å². The van der Waals surface area contributed by atoms with Crippen molar-refractivity contribution in [3.8, 4) is 0 Å². The van der Waals surface area contributed by atoms with Crippen molar-refractivity contribution >= 4 is 44.5 Å². The number of urea groups is 1. The van der Waals surface area contributed by atoms with E-state index in [0.29, 0.717) is 31.1 Å². The number of aromatic nitrogens is 1. The Balaban J connectivity index is 1.46. The number of nitrogens with zero attached hydrogens (tertiary/aromatic N) is 3. The SMILES string of the molecule is COCCN(C(=O)CCN1C(=O)NC2(CCCCC2)C1=O)c1nc2ccccc2s1. The van der Waals surface area contributed by atoms with Gasteiger partial charge in [0.2, 0.25) is 5.91 Å². The zero-order valence-corrected chi connectivity index (χ0v) is 17.9. The maximum absolute atomic E-state index is 13.0. The Labute approximate surface area is 179 Å². The number of para-hydroxylation sites is 1. The van der Waals surface area contributed by atoms with Crippen molar-refractivity contribution in [3.05, 3.63) is 24.3 Å². The molecule has 0 atom stereocenters. The van der Waals surface area contributed by atoms with Gasteiger partial charge in [-0.2, -0.15) is 0 Å². The maximum atomic E-state index is 13.0. The van der Waals surface area contributed by atoms with Crippen LogP contribution >= 0.6 is 11.3 Å². The minimum Gasteiger partial charge on any atom is -0.383 e. The first-order valence-corrected chi connectivity index (χ1v) is 11.1. The average Bonchev–Trinajstić information content (AvgIpc) is 3.27. The number of fused-ring (bicyclic) bond motifs is 1. The standard InChI is InChI=1S/C21H26N4O4S/c1-29-14-13-24(20-22-15-7-3-4-8-16(15)30-20)17(26)9-12-25-18(27)21(23-19(25)28)10-5-2-6-11-21/h3-4,7-8H,2,5-6,9-14H2,1H3,(H,23,28). The lowest BCUT2D eigenvalue weighted by Gasteiger charge is -2.30. The molecule has 0 unspecified atom stereocenters. The van der Waals surface area contributed by atoms with Crippen LogP contribution in [-0.4, -0.2) is 60.1 Å². The molecule has 1 N–H and O–H groups in total. The molecule has 160 valence electrons. The second kappa shape index (κ2) is 8.69. The van der Waals surface area contributed by atoms with Crippen molar-refractivity contribution in [3.63, 3.8) is 0 Å². The fourth-order valence-corrected chi connectivity index (χ4v) is 5.21. The fourth-order valence-electron chi connectivity index (χ4n) is 4.20. The third kappa shape index (κ3) is 3.91. The topological polar surface area (TPSA) is 91.8 Å². The first-order chi connectivity index (χ1) is 14.5. The van der Waals surface area contributed by atoms with Crippen LogP contribution in [0.2, 0.25) is 0 Å². The molecule has 1 aliphatic carbocycles. The number of thiazole rings is 1. The van der Waals surface area contributed by atoms with Gasteiger partial charge in [-0.3, -0.25) is 19.4 Å². The van der Waals surface area contributed by atoms with E-state index in [-0.39, 0.29) is 24.8 Å². The number of amides is 4. The fraction of sp³-hybridized carbons (Fsp3) is 0.524. The summed E-state index contributed by atoms with van der Waals surface area (Å²) in [6.07, 6.45) is 4.35. The summed E-state index contributed by atoms with van der Waals surface area (Å²) in [5.41, 5.74) is 0.0716. The van der Waals surface area contributed by atoms with E-state index in [1.807, 2.05) is 24.3 Å². The van der Waals surface area contributed by atoms with Crippen LogP contribution in [-0.2, 0) is 14.3 Å². The van der Waals surface area contributed by atoms with Gasteiger partial charge in [0, 0.05) is 20.1 Å². The van der Waals surface area contributed by atoms with Crippen LogP contribution in [0.1, 0.15) is 38.5 Å². The van der Waals surface area contributed by atoms with Gasteiger partial charge < -0.3 is 10.1 Å². The number of ether oxygens (including phenoxy) is 1. The molecule has 2 aromatic rings. The number of hydrogen-bond donors (Lipinski definition) is 1. The van der Waals surface area contributed by atoms with Gasteiger partial charge in [-0.1, -0.05) is 42.7 Å². The van der Waals surface area contributed by atoms with Crippen molar-refractivity contribution in [2.75, 3.05) is 31.7 Å². The molecule has 2 aliphatic rings. The lowest BCUT2D eigenvalue weighted by Crippen LogP contribution is -2.48. The highest BCUT2D eigenvalue weighted by atomic mass is 32.1. The average molecular weight is 431 g/mol. The van der Waals surface area contributed by atoms with Crippen LogP contribution in [0.25, 0.3) is 10.2 Å². The Morgan fingerprint density at radius 3 is 2.77 bits per heavy atom. The maximum Gasteiger partial charge on any atom is 0.325 e. The number of imide groups is 1. The molecular weight excluding hydrogens is 404 g/mol. The predicted molar refractivity (Wildman–Crippen MR) is 115 cm³/mol. The second-order valence-corrected chi connectivity index (χ2v) is 8.79. The van der Waals surface area contributed by atoms with Crippen molar-refractivity contribution in [1.29, 1.82) is 0 Å². The molecule has 2 heterocycles. The summed E-state index contributed by atoms with van der Waals surface area (Å²) in [5.74, 6) is -0.375. The highest BCUT2D eigenvalue weighted by Gasteiger charge is 2.51. The lowest BCUT2D eigenvalue weighted by molar-refractivity contribution is -0.132. The van der Waals surface area contributed by atoms with E-state index >= 15 is 0 Å². The van der Waals surface area contributed by atoms with Crippen LogP contribution in [0, 0.1) is 0 Å². The molecule has 0 radical (unpaired) electrons. The number of anilines is 1. The second-order valence-electron chi connectivity index (χ2n) is 7.78. The summed E-state index contributed by atoms with van der Waals surface area (Å²) in [5, 5.41) is 3.48.